The van der Waals surface area contributed by atoms with Crippen LogP contribution in [0.15, 0.2) is 261 Å². The second-order valence-electron chi connectivity index (χ2n) is 20.8. The fourth-order valence-corrected chi connectivity index (χ4v) is 33.2. The molecule has 9 rings (SSSR count). The maximum absolute atomic E-state index is 4.83. The molecule has 9 aromatic rings. The van der Waals surface area contributed by atoms with Crippen LogP contribution in [-0.2, 0) is 21.2 Å². The van der Waals surface area contributed by atoms with Gasteiger partial charge in [-0.05, 0) is 86.6 Å². The Morgan fingerprint density at radius 2 is 0.588 bits per heavy atom. The molecule has 0 amide bonds. The van der Waals surface area contributed by atoms with Gasteiger partial charge in [-0.1, -0.05) is 109 Å². The number of anilines is 1. The van der Waals surface area contributed by atoms with Gasteiger partial charge in [0.05, 0.1) is 15.8 Å². The maximum atomic E-state index is 4.83. The largest absolute Gasteiger partial charge is 0.412 e. The third-order valence-corrected chi connectivity index (χ3v) is 33.8. The monoisotopic (exact) mass is 1240 g/mol. The molecule has 0 aliphatic heterocycles. The Bertz CT molecular complexity index is 2640. The third-order valence-electron chi connectivity index (χ3n) is 14.5. The minimum Gasteiger partial charge on any atom is -0.412 e. The summed E-state index contributed by atoms with van der Waals surface area (Å²) in [6.45, 7) is 25.1. The zero-order chi connectivity index (χ0) is 55.7. The van der Waals surface area contributed by atoms with Crippen LogP contribution in [0.5, 0.6) is 0 Å². The van der Waals surface area contributed by atoms with Gasteiger partial charge in [0.1, 0.15) is 31.8 Å². The number of para-hydroxylation sites is 1. The summed E-state index contributed by atoms with van der Waals surface area (Å²) >= 11 is 2.45. The quantitative estimate of drug-likeness (QED) is 0.0635. The minimum atomic E-state index is -2.00. The van der Waals surface area contributed by atoms with Crippen molar-refractivity contribution in [2.24, 2.45) is 0 Å². The predicted molar refractivity (Wildman–Crippen MR) is 363 cm³/mol. The molecule has 9 aromatic carbocycles. The fourth-order valence-electron chi connectivity index (χ4n) is 10.4. The van der Waals surface area contributed by atoms with E-state index < -0.39 is 32.0 Å². The molecule has 0 aliphatic rings. The van der Waals surface area contributed by atoms with E-state index >= 15 is 0 Å². The van der Waals surface area contributed by atoms with E-state index in [1.165, 1.54) is 65.0 Å². The van der Waals surface area contributed by atoms with Gasteiger partial charge >= 0.3 is 227 Å². The molecule has 0 saturated carbocycles. The minimum absolute atomic E-state index is 0. The number of hydrogen-bond donors (Lipinski definition) is 0. The van der Waals surface area contributed by atoms with Gasteiger partial charge in [-0.2, -0.15) is 0 Å². The SMILES string of the molecule is CC(C)c1cccc(C(C)C)c1[N]([Ge])[Si](C[PH+](c1ccccc1)c1ccccc1)(C(C)C)C(C)C.CCOCC.O.[Ni].c1ccc([PH+](c2ccccc2)c2ccccc2)cc1.c1ccc([PH+](c2ccccc2)c2ccccc2)cc1. The van der Waals surface area contributed by atoms with E-state index in [1.54, 1.807) is 0 Å². The van der Waals surface area contributed by atoms with Crippen molar-refractivity contribution in [3.8, 4) is 0 Å². The summed E-state index contributed by atoms with van der Waals surface area (Å²) in [4.78, 5) is 0. The van der Waals surface area contributed by atoms with E-state index in [1.807, 2.05) is 13.8 Å². The Hall–Kier alpha value is -4.76. The second kappa shape index (κ2) is 36.0. The van der Waals surface area contributed by atoms with Gasteiger partial charge < -0.3 is 10.2 Å². The molecule has 0 unspecified atom stereocenters. The van der Waals surface area contributed by atoms with E-state index in [0.717, 1.165) is 13.2 Å². The molecule has 0 saturated heterocycles. The van der Waals surface area contributed by atoms with E-state index in [4.69, 9.17) is 4.74 Å². The molecule has 0 bridgehead atoms. The molecule has 0 spiro atoms. The molecule has 9 heteroatoms. The van der Waals surface area contributed by atoms with Crippen molar-refractivity contribution in [2.75, 3.05) is 22.5 Å². The van der Waals surface area contributed by atoms with Crippen LogP contribution in [-0.4, -0.2) is 49.4 Å². The Morgan fingerprint density at radius 3 is 0.775 bits per heavy atom. The number of ether oxygens (including phenoxy) is 1. The summed E-state index contributed by atoms with van der Waals surface area (Å²) in [6, 6.07) is 94.8. The Morgan fingerprint density at radius 1 is 0.362 bits per heavy atom. The Labute approximate surface area is 506 Å². The van der Waals surface area contributed by atoms with Crippen LogP contribution in [0.1, 0.15) is 92.2 Å². The standard InChI is InChI=1S/C31H43GeNPSi.2C18H15P.C4H10O.Ni.H2O/c1-23(2)29-20-15-21-30(24(3)4)31(29)33(32)35(25(5)6,26(7)8)22-34(27-16-11-9-12-17-27)28-18-13-10-14-19-28;2*1-4-10-16(11-5-1)19(17-12-6-2-7-13-17)18-14-8-3-9-15-18;1-3-5-4-2;;/h9-21,23-26H,22H2,1-8H3;2*1-15H;3-4H2,1-2H3;;1H2/p+3. The van der Waals surface area contributed by atoms with Crippen LogP contribution in [0.3, 0.4) is 0 Å². The summed E-state index contributed by atoms with van der Waals surface area (Å²) in [7, 11) is -4.70. The summed E-state index contributed by atoms with van der Waals surface area (Å²) in [5.74, 6) is 2.32. The molecule has 80 heavy (non-hydrogen) atoms. The van der Waals surface area contributed by atoms with E-state index in [2.05, 4.69) is 337 Å². The molecule has 0 atom stereocenters. The van der Waals surface area contributed by atoms with Gasteiger partial charge in [0.15, 0.2) is 0 Å². The number of nitrogens with zero attached hydrogens (tertiary/aromatic N) is 1. The van der Waals surface area contributed by atoms with Gasteiger partial charge in [0, 0.05) is 29.7 Å². The first-order chi connectivity index (χ1) is 37.9. The number of rotatable bonds is 18. The molecule has 0 heterocycles. The zero-order valence-electron chi connectivity index (χ0n) is 48.9. The molecule has 3 radical (unpaired) electrons. The fraction of sp³-hybridized carbons (Fsp3) is 0.239. The molecule has 0 aliphatic carbocycles. The van der Waals surface area contributed by atoms with Crippen LogP contribution >= 0.6 is 23.8 Å². The first-order valence-electron chi connectivity index (χ1n) is 28.2. The first kappa shape index (κ1) is 67.7. The van der Waals surface area contributed by atoms with Crippen molar-refractivity contribution in [1.82, 2.24) is 0 Å². The van der Waals surface area contributed by atoms with Gasteiger partial charge in [-0.3, -0.25) is 0 Å². The van der Waals surface area contributed by atoms with Crippen LogP contribution in [0.25, 0.3) is 0 Å². The molecule has 419 valence electrons. The second-order valence-corrected chi connectivity index (χ2v) is 36.0. The van der Waals surface area contributed by atoms with E-state index in [9.17, 15) is 0 Å². The van der Waals surface area contributed by atoms with Crippen molar-refractivity contribution in [3.63, 3.8) is 0 Å². The van der Waals surface area contributed by atoms with Gasteiger partial charge in [-0.25, -0.2) is 0 Å². The smallest absolute Gasteiger partial charge is 0.102 e. The Balaban J connectivity index is 0.000000260. The summed E-state index contributed by atoms with van der Waals surface area (Å²) < 4.78 is 7.70. The number of hydrogen-bond acceptors (Lipinski definition) is 2. The van der Waals surface area contributed by atoms with E-state index in [-0.39, 0.29) is 22.0 Å². The molecular weight excluding hydrogens is 1150 g/mol. The van der Waals surface area contributed by atoms with Gasteiger partial charge in [-0.15, -0.1) is 0 Å². The van der Waals surface area contributed by atoms with Crippen LogP contribution < -0.4 is 46.0 Å². The topological polar surface area (TPSA) is 44.0 Å². The van der Waals surface area contributed by atoms with E-state index in [0.29, 0.717) is 22.9 Å². The summed E-state index contributed by atoms with van der Waals surface area (Å²) in [5.41, 5.74) is 5.81. The molecule has 0 aromatic heterocycles. The summed E-state index contributed by atoms with van der Waals surface area (Å²) in [6.07, 6.45) is 0. The first-order valence-corrected chi connectivity index (χ1v) is 36.1. The molecule has 3 nitrogen and oxygen atoms in total. The molecule has 0 fully saturated rings. The van der Waals surface area contributed by atoms with Crippen molar-refractivity contribution in [2.45, 2.75) is 92.2 Å². The van der Waals surface area contributed by atoms with Crippen LogP contribution in [0, 0.1) is 0 Å². The number of benzene rings is 9. The predicted octanol–water partition coefficient (Wildman–Crippen LogP) is 14.6. The summed E-state index contributed by atoms with van der Waals surface area (Å²) in [5, 5.41) is 11.7. The average Bonchev–Trinajstić information content (AvgIpc) is 3.55. The van der Waals surface area contributed by atoms with Gasteiger partial charge in [0.2, 0.25) is 0 Å². The van der Waals surface area contributed by atoms with Crippen molar-refractivity contribution in [3.05, 3.63) is 272 Å². The van der Waals surface area contributed by atoms with Crippen LogP contribution in [0.2, 0.25) is 11.1 Å². The Kier molecular flexibility index (Phi) is 30.5. The van der Waals surface area contributed by atoms with Crippen LogP contribution in [0.4, 0.5) is 5.69 Å². The van der Waals surface area contributed by atoms with Gasteiger partial charge in [0.25, 0.3) is 0 Å². The molecular formula is C71H88GeNNiO2P3Si+3. The van der Waals surface area contributed by atoms with Crippen molar-refractivity contribution in [1.29, 1.82) is 0 Å². The molecule has 2 N–H and O–H groups in total. The maximum Gasteiger partial charge on any atom is 0.102 e. The third kappa shape index (κ3) is 18.9. The normalized spacial score (nSPS) is 11.0. The zero-order valence-corrected chi connectivity index (χ0v) is 56.0. The van der Waals surface area contributed by atoms with Crippen molar-refractivity contribution < 1.29 is 26.7 Å². The average molecular weight is 1240 g/mol. The van der Waals surface area contributed by atoms with Crippen molar-refractivity contribution >= 4 is 96.9 Å².